The van der Waals surface area contributed by atoms with Gasteiger partial charge < -0.3 is 10.1 Å². The lowest BCUT2D eigenvalue weighted by Crippen LogP contribution is -2.19. The van der Waals surface area contributed by atoms with Gasteiger partial charge in [0, 0.05) is 12.0 Å². The fourth-order valence-corrected chi connectivity index (χ4v) is 3.08. The Morgan fingerprint density at radius 3 is 2.88 bits per heavy atom. The van der Waals surface area contributed by atoms with Crippen LogP contribution in [0.2, 0.25) is 0 Å². The summed E-state index contributed by atoms with van der Waals surface area (Å²) < 4.78 is 5.33. The molecule has 3 nitrogen and oxygen atoms in total. The lowest BCUT2D eigenvalue weighted by atomic mass is 9.93. The second-order valence-corrected chi connectivity index (χ2v) is 5.16. The highest BCUT2D eigenvalue weighted by Crippen LogP contribution is 2.56. The number of ether oxygens (including phenoxy) is 1. The zero-order valence-corrected chi connectivity index (χ0v) is 10.2. The van der Waals surface area contributed by atoms with Gasteiger partial charge in [-0.25, -0.2) is 0 Å². The van der Waals surface area contributed by atoms with Crippen LogP contribution >= 0.6 is 0 Å². The van der Waals surface area contributed by atoms with Crippen molar-refractivity contribution in [3.8, 4) is 5.75 Å². The molecule has 1 saturated carbocycles. The molecule has 17 heavy (non-hydrogen) atoms. The summed E-state index contributed by atoms with van der Waals surface area (Å²) in [6.07, 6.45) is 1.27. The maximum absolute atomic E-state index is 11.5. The van der Waals surface area contributed by atoms with E-state index < -0.39 is 0 Å². The summed E-state index contributed by atoms with van der Waals surface area (Å²) >= 11 is 0. The molecule has 1 N–H and O–H groups in total. The van der Waals surface area contributed by atoms with Crippen LogP contribution in [-0.4, -0.2) is 26.0 Å². The summed E-state index contributed by atoms with van der Waals surface area (Å²) in [5, 5.41) is 3.43. The quantitative estimate of drug-likeness (QED) is 0.806. The molecule has 2 atom stereocenters. The van der Waals surface area contributed by atoms with Gasteiger partial charge in [-0.2, -0.15) is 0 Å². The van der Waals surface area contributed by atoms with Crippen molar-refractivity contribution in [3.05, 3.63) is 29.3 Å². The molecule has 2 fully saturated rings. The van der Waals surface area contributed by atoms with Crippen LogP contribution in [0, 0.1) is 5.92 Å². The Labute approximate surface area is 101 Å². The van der Waals surface area contributed by atoms with Crippen molar-refractivity contribution in [2.24, 2.45) is 5.92 Å². The number of Topliss-reactive ketones (excluding diaryl/α,β-unsaturated/α-hetero) is 1. The number of piperidine rings is 1. The Kier molecular flexibility index (Phi) is 2.26. The molecule has 0 radical (unpaired) electrons. The van der Waals surface area contributed by atoms with E-state index in [1.54, 1.807) is 14.0 Å². The smallest absolute Gasteiger partial charge is 0.163 e. The fraction of sp³-hybridized carbons (Fsp3) is 0.500. The summed E-state index contributed by atoms with van der Waals surface area (Å²) in [5.74, 6) is 1.54. The average Bonchev–Trinajstić information content (AvgIpc) is 2.91. The Morgan fingerprint density at radius 2 is 2.35 bits per heavy atom. The van der Waals surface area contributed by atoms with Crippen molar-refractivity contribution in [1.29, 1.82) is 0 Å². The lowest BCUT2D eigenvalue weighted by Gasteiger charge is -2.15. The summed E-state index contributed by atoms with van der Waals surface area (Å²) in [7, 11) is 1.63. The number of hydrogen-bond donors (Lipinski definition) is 1. The van der Waals surface area contributed by atoms with Crippen LogP contribution in [0.4, 0.5) is 0 Å². The van der Waals surface area contributed by atoms with Gasteiger partial charge in [0.15, 0.2) is 5.78 Å². The predicted octanol–water partition coefficient (Wildman–Crippen LogP) is 1.76. The van der Waals surface area contributed by atoms with E-state index in [-0.39, 0.29) is 5.78 Å². The van der Waals surface area contributed by atoms with Crippen LogP contribution in [0.1, 0.15) is 29.3 Å². The van der Waals surface area contributed by atoms with E-state index in [9.17, 15) is 4.79 Å². The standard InChI is InChI=1S/C14H17NO2/c1-9(16)12-4-3-10(5-13(12)17-2)14-6-11(14)7-15-8-14/h3-5,11,15H,6-8H2,1-2H3/t11-,14?/m1/s1. The van der Waals surface area contributed by atoms with E-state index in [2.05, 4.69) is 11.4 Å². The molecule has 2 aliphatic rings. The van der Waals surface area contributed by atoms with Gasteiger partial charge in [-0.3, -0.25) is 4.79 Å². The Bertz CT molecular complexity index is 483. The molecule has 1 aliphatic heterocycles. The number of carbonyl (C=O) groups excluding carboxylic acids is 1. The molecule has 3 heteroatoms. The van der Waals surface area contributed by atoms with Crippen molar-refractivity contribution >= 4 is 5.78 Å². The van der Waals surface area contributed by atoms with Gasteiger partial charge in [0.25, 0.3) is 0 Å². The van der Waals surface area contributed by atoms with Gasteiger partial charge >= 0.3 is 0 Å². The molecule has 0 bridgehead atoms. The predicted molar refractivity (Wildman–Crippen MR) is 65.7 cm³/mol. The summed E-state index contributed by atoms with van der Waals surface area (Å²) in [4.78, 5) is 11.5. The number of carbonyl (C=O) groups is 1. The third kappa shape index (κ3) is 1.49. The minimum absolute atomic E-state index is 0.0581. The van der Waals surface area contributed by atoms with E-state index in [1.807, 2.05) is 12.1 Å². The van der Waals surface area contributed by atoms with Crippen LogP contribution in [0.15, 0.2) is 18.2 Å². The molecular weight excluding hydrogens is 214 g/mol. The van der Waals surface area contributed by atoms with Crippen molar-refractivity contribution < 1.29 is 9.53 Å². The molecule has 1 aromatic rings. The highest BCUT2D eigenvalue weighted by Gasteiger charge is 2.58. The molecule has 1 aromatic carbocycles. The van der Waals surface area contributed by atoms with E-state index in [1.165, 1.54) is 12.0 Å². The molecule has 1 saturated heterocycles. The van der Waals surface area contributed by atoms with Gasteiger partial charge in [0.05, 0.1) is 12.7 Å². The zero-order chi connectivity index (χ0) is 12.0. The average molecular weight is 231 g/mol. The molecule has 90 valence electrons. The lowest BCUT2D eigenvalue weighted by molar-refractivity contribution is 0.101. The molecule has 3 rings (SSSR count). The van der Waals surface area contributed by atoms with E-state index in [0.29, 0.717) is 16.7 Å². The van der Waals surface area contributed by atoms with Crippen LogP contribution < -0.4 is 10.1 Å². The first-order valence-electron chi connectivity index (χ1n) is 6.07. The SMILES string of the molecule is COc1cc(C23CNC[C@H]2C3)ccc1C(C)=O. The number of fused-ring (bicyclic) bond motifs is 1. The van der Waals surface area contributed by atoms with E-state index >= 15 is 0 Å². The van der Waals surface area contributed by atoms with E-state index in [0.717, 1.165) is 19.0 Å². The van der Waals surface area contributed by atoms with Crippen LogP contribution in [0.5, 0.6) is 5.75 Å². The van der Waals surface area contributed by atoms with Gasteiger partial charge in [-0.1, -0.05) is 6.07 Å². The minimum Gasteiger partial charge on any atom is -0.496 e. The number of rotatable bonds is 3. The maximum Gasteiger partial charge on any atom is 0.163 e. The van der Waals surface area contributed by atoms with Crippen LogP contribution in [0.3, 0.4) is 0 Å². The fourth-order valence-electron chi connectivity index (χ4n) is 3.08. The first-order valence-corrected chi connectivity index (χ1v) is 6.07. The summed E-state index contributed by atoms with van der Waals surface area (Å²) in [5.41, 5.74) is 2.31. The molecule has 0 aromatic heterocycles. The molecule has 1 heterocycles. The third-order valence-corrected chi connectivity index (χ3v) is 4.22. The number of nitrogens with one attached hydrogen (secondary N) is 1. The minimum atomic E-state index is 0.0581. The maximum atomic E-state index is 11.5. The highest BCUT2D eigenvalue weighted by atomic mass is 16.5. The molecule has 0 spiro atoms. The molecule has 1 unspecified atom stereocenters. The van der Waals surface area contributed by atoms with Crippen molar-refractivity contribution in [2.45, 2.75) is 18.8 Å². The van der Waals surface area contributed by atoms with Crippen LogP contribution in [-0.2, 0) is 5.41 Å². The topological polar surface area (TPSA) is 38.3 Å². The summed E-state index contributed by atoms with van der Waals surface area (Å²) in [6, 6.07) is 6.04. The van der Waals surface area contributed by atoms with E-state index in [4.69, 9.17) is 4.74 Å². The van der Waals surface area contributed by atoms with Gasteiger partial charge in [-0.05, 0) is 43.5 Å². The highest BCUT2D eigenvalue weighted by molar-refractivity contribution is 5.96. The first-order chi connectivity index (χ1) is 8.17. The largest absolute Gasteiger partial charge is 0.496 e. The van der Waals surface area contributed by atoms with Crippen molar-refractivity contribution in [3.63, 3.8) is 0 Å². The first kappa shape index (κ1) is 10.8. The number of methoxy groups -OCH3 is 1. The monoisotopic (exact) mass is 231 g/mol. The second-order valence-electron chi connectivity index (χ2n) is 5.16. The van der Waals surface area contributed by atoms with Gasteiger partial charge in [0.1, 0.15) is 5.75 Å². The Hall–Kier alpha value is -1.35. The third-order valence-electron chi connectivity index (χ3n) is 4.22. The Balaban J connectivity index is 2.00. The summed E-state index contributed by atoms with van der Waals surface area (Å²) in [6.45, 7) is 3.75. The number of benzene rings is 1. The normalized spacial score (nSPS) is 29.9. The zero-order valence-electron chi connectivity index (χ0n) is 10.2. The Morgan fingerprint density at radius 1 is 1.53 bits per heavy atom. The molecule has 0 amide bonds. The van der Waals surface area contributed by atoms with Gasteiger partial charge in [-0.15, -0.1) is 0 Å². The van der Waals surface area contributed by atoms with Crippen LogP contribution in [0.25, 0.3) is 0 Å². The van der Waals surface area contributed by atoms with Crippen molar-refractivity contribution in [2.75, 3.05) is 20.2 Å². The number of ketones is 1. The number of hydrogen-bond acceptors (Lipinski definition) is 3. The van der Waals surface area contributed by atoms with Crippen molar-refractivity contribution in [1.82, 2.24) is 5.32 Å². The molecular formula is C14H17NO2. The second kappa shape index (κ2) is 3.57. The van der Waals surface area contributed by atoms with Gasteiger partial charge in [0.2, 0.25) is 0 Å². The molecule has 1 aliphatic carbocycles.